The van der Waals surface area contributed by atoms with Crippen molar-refractivity contribution in [2.24, 2.45) is 0 Å². The van der Waals surface area contributed by atoms with E-state index in [1.807, 2.05) is 24.3 Å². The first kappa shape index (κ1) is 19.4. The van der Waals surface area contributed by atoms with Crippen LogP contribution in [0.3, 0.4) is 0 Å². The number of hydrogen-bond donors (Lipinski definition) is 0. The van der Waals surface area contributed by atoms with Gasteiger partial charge in [-0.05, 0) is 47.5 Å². The molecule has 0 saturated heterocycles. The molecule has 0 amide bonds. The summed E-state index contributed by atoms with van der Waals surface area (Å²) >= 11 is 7.01. The van der Waals surface area contributed by atoms with E-state index >= 15 is 0 Å². The fourth-order valence-corrected chi connectivity index (χ4v) is 4.24. The molecule has 154 valence electrons. The molecule has 0 radical (unpaired) electrons. The molecule has 5 aromatic rings. The number of fused-ring (bicyclic) bond motifs is 3. The van der Waals surface area contributed by atoms with Crippen LogP contribution in [0.1, 0.15) is 5.56 Å². The van der Waals surface area contributed by atoms with Crippen LogP contribution in [0.5, 0.6) is 17.4 Å². The minimum atomic E-state index is -0.757. The van der Waals surface area contributed by atoms with Gasteiger partial charge in [-0.1, -0.05) is 29.5 Å². The predicted octanol–water partition coefficient (Wildman–Crippen LogP) is 3.84. The molecule has 5 rings (SSSR count). The zero-order chi connectivity index (χ0) is 21.5. The molecule has 0 aliphatic rings. The molecule has 0 saturated carbocycles. The Morgan fingerprint density at radius 1 is 1.16 bits per heavy atom. The highest BCUT2D eigenvalue weighted by atomic mass is 35.5. The third-order valence-electron chi connectivity index (χ3n) is 4.52. The van der Waals surface area contributed by atoms with E-state index in [4.69, 9.17) is 21.1 Å². The summed E-state index contributed by atoms with van der Waals surface area (Å²) in [5, 5.41) is -0.140. The molecule has 0 atom stereocenters. The van der Waals surface area contributed by atoms with Crippen LogP contribution >= 0.6 is 22.9 Å². The number of imidazole rings is 1. The molecular formula is C21H12ClFN4O3S. The van der Waals surface area contributed by atoms with Gasteiger partial charge in [0.25, 0.3) is 11.4 Å². The Balaban J connectivity index is 1.55. The number of nitrogens with zero attached hydrogens (tertiary/aromatic N) is 4. The van der Waals surface area contributed by atoms with Crippen molar-refractivity contribution in [3.05, 3.63) is 80.2 Å². The quantitative estimate of drug-likeness (QED) is 0.384. The Kier molecular flexibility index (Phi) is 4.76. The van der Waals surface area contributed by atoms with Gasteiger partial charge in [-0.15, -0.1) is 0 Å². The first-order valence-corrected chi connectivity index (χ1v) is 10.2. The minimum Gasteiger partial charge on any atom is -0.493 e. The lowest BCUT2D eigenvalue weighted by molar-refractivity contribution is 0.363. The van der Waals surface area contributed by atoms with Crippen molar-refractivity contribution in [1.29, 1.82) is 0 Å². The minimum absolute atomic E-state index is 0.140. The zero-order valence-corrected chi connectivity index (χ0v) is 17.4. The summed E-state index contributed by atoms with van der Waals surface area (Å²) in [5.74, 6) is -0.500. The maximum Gasteiger partial charge on any atom is 0.274 e. The van der Waals surface area contributed by atoms with Gasteiger partial charge in [-0.2, -0.15) is 9.37 Å². The summed E-state index contributed by atoms with van der Waals surface area (Å²) in [4.78, 5) is 25.3. The number of thiazole rings is 1. The van der Waals surface area contributed by atoms with E-state index in [0.717, 1.165) is 17.2 Å². The van der Waals surface area contributed by atoms with Gasteiger partial charge in [0, 0.05) is 0 Å². The van der Waals surface area contributed by atoms with Crippen LogP contribution in [0.2, 0.25) is 5.28 Å². The van der Waals surface area contributed by atoms with Gasteiger partial charge in [-0.3, -0.25) is 4.79 Å². The molecule has 0 unspecified atom stereocenters. The summed E-state index contributed by atoms with van der Waals surface area (Å²) < 4.78 is 26.9. The van der Waals surface area contributed by atoms with Crippen LogP contribution in [-0.4, -0.2) is 26.5 Å². The second kappa shape index (κ2) is 7.60. The third-order valence-corrected chi connectivity index (χ3v) is 5.67. The van der Waals surface area contributed by atoms with Crippen LogP contribution in [0.4, 0.5) is 4.39 Å². The molecule has 10 heteroatoms. The average molecular weight is 455 g/mol. The number of rotatable bonds is 4. The summed E-state index contributed by atoms with van der Waals surface area (Å²) in [6.45, 7) is 0. The fourth-order valence-electron chi connectivity index (χ4n) is 3.13. The topological polar surface area (TPSA) is 78.6 Å². The van der Waals surface area contributed by atoms with Crippen LogP contribution in [0, 0.1) is 5.82 Å². The maximum atomic E-state index is 13.9. The number of benzene rings is 2. The highest BCUT2D eigenvalue weighted by Gasteiger charge is 2.14. The summed E-state index contributed by atoms with van der Waals surface area (Å²) in [5.41, 5.74) is 2.10. The van der Waals surface area contributed by atoms with Crippen molar-refractivity contribution in [3.63, 3.8) is 0 Å². The second-order valence-electron chi connectivity index (χ2n) is 6.44. The van der Waals surface area contributed by atoms with Crippen molar-refractivity contribution in [2.45, 2.75) is 0 Å². The SMILES string of the molecule is COc1cc(C=c2sc3nc4ccccc4n3c2=O)ccc1Oc1nc(Cl)ncc1F. The fraction of sp³-hybridized carbons (Fsp3) is 0.0476. The molecule has 0 spiro atoms. The van der Waals surface area contributed by atoms with Gasteiger partial charge in [0.15, 0.2) is 16.5 Å². The normalized spacial score (nSPS) is 12.0. The lowest BCUT2D eigenvalue weighted by atomic mass is 10.2. The van der Waals surface area contributed by atoms with E-state index < -0.39 is 5.82 Å². The molecule has 7 nitrogen and oxygen atoms in total. The molecular weight excluding hydrogens is 443 g/mol. The number of halogens is 2. The molecule has 0 fully saturated rings. The highest BCUT2D eigenvalue weighted by Crippen LogP contribution is 2.33. The lowest BCUT2D eigenvalue weighted by Crippen LogP contribution is -2.22. The van der Waals surface area contributed by atoms with Crippen LogP contribution in [0.25, 0.3) is 22.1 Å². The van der Waals surface area contributed by atoms with Crippen molar-refractivity contribution in [3.8, 4) is 17.4 Å². The molecule has 31 heavy (non-hydrogen) atoms. The molecule has 0 bridgehead atoms. The van der Waals surface area contributed by atoms with Gasteiger partial charge >= 0.3 is 0 Å². The molecule has 0 aliphatic carbocycles. The van der Waals surface area contributed by atoms with Gasteiger partial charge in [-0.25, -0.2) is 14.4 Å². The van der Waals surface area contributed by atoms with E-state index in [9.17, 15) is 9.18 Å². The Hall–Kier alpha value is -3.56. The summed E-state index contributed by atoms with van der Waals surface area (Å²) in [7, 11) is 1.46. The van der Waals surface area contributed by atoms with E-state index in [1.165, 1.54) is 18.4 Å². The molecule has 3 aromatic heterocycles. The number of para-hydroxylation sites is 2. The monoisotopic (exact) mass is 454 g/mol. The summed E-state index contributed by atoms with van der Waals surface area (Å²) in [6, 6.07) is 12.5. The van der Waals surface area contributed by atoms with E-state index in [0.29, 0.717) is 20.8 Å². The Morgan fingerprint density at radius 3 is 2.84 bits per heavy atom. The average Bonchev–Trinajstić information content (AvgIpc) is 3.28. The Labute approximate surface area is 183 Å². The number of hydrogen-bond acceptors (Lipinski definition) is 7. The van der Waals surface area contributed by atoms with Gasteiger partial charge in [0.2, 0.25) is 11.1 Å². The Bertz CT molecular complexity index is 1570. The zero-order valence-electron chi connectivity index (χ0n) is 15.9. The van der Waals surface area contributed by atoms with Crippen molar-refractivity contribution < 1.29 is 13.9 Å². The number of methoxy groups -OCH3 is 1. The van der Waals surface area contributed by atoms with Crippen LogP contribution in [0.15, 0.2) is 53.5 Å². The number of aromatic nitrogens is 4. The Morgan fingerprint density at radius 2 is 2.00 bits per heavy atom. The smallest absolute Gasteiger partial charge is 0.274 e. The predicted molar refractivity (Wildman–Crippen MR) is 116 cm³/mol. The first-order chi connectivity index (χ1) is 15.0. The molecule has 0 aliphatic heterocycles. The van der Waals surface area contributed by atoms with Crippen LogP contribution in [-0.2, 0) is 0 Å². The van der Waals surface area contributed by atoms with E-state index in [-0.39, 0.29) is 22.5 Å². The number of ether oxygens (including phenoxy) is 2. The summed E-state index contributed by atoms with van der Waals surface area (Å²) in [6.07, 6.45) is 2.66. The lowest BCUT2D eigenvalue weighted by Gasteiger charge is -2.10. The first-order valence-electron chi connectivity index (χ1n) is 8.99. The van der Waals surface area contributed by atoms with Gasteiger partial charge in [0.1, 0.15) is 0 Å². The van der Waals surface area contributed by atoms with Crippen molar-refractivity contribution in [2.75, 3.05) is 7.11 Å². The van der Waals surface area contributed by atoms with Crippen LogP contribution < -0.4 is 19.6 Å². The van der Waals surface area contributed by atoms with E-state index in [2.05, 4.69) is 15.0 Å². The van der Waals surface area contributed by atoms with Crippen molar-refractivity contribution >= 4 is 45.0 Å². The van der Waals surface area contributed by atoms with Gasteiger partial charge in [0.05, 0.1) is 28.9 Å². The molecule has 3 heterocycles. The van der Waals surface area contributed by atoms with Gasteiger partial charge < -0.3 is 9.47 Å². The van der Waals surface area contributed by atoms with E-state index in [1.54, 1.807) is 28.7 Å². The largest absolute Gasteiger partial charge is 0.493 e. The standard InChI is InChI=1S/C21H12ClFN4O3S/c1-29-16-8-11(6-7-15(16)30-18-12(23)10-24-20(22)26-18)9-17-19(28)27-14-5-3-2-4-13(14)25-21(27)31-17/h2-10H,1H3. The third kappa shape index (κ3) is 3.47. The van der Waals surface area contributed by atoms with Crippen molar-refractivity contribution in [1.82, 2.24) is 19.4 Å². The molecule has 2 aromatic carbocycles. The second-order valence-corrected chi connectivity index (χ2v) is 7.79. The highest BCUT2D eigenvalue weighted by molar-refractivity contribution is 7.15. The molecule has 0 N–H and O–H groups in total. The maximum absolute atomic E-state index is 13.9.